The van der Waals surface area contributed by atoms with Crippen molar-refractivity contribution in [2.45, 2.75) is 38.5 Å². The van der Waals surface area contributed by atoms with Gasteiger partial charge in [0.15, 0.2) is 0 Å². The van der Waals surface area contributed by atoms with Crippen molar-refractivity contribution in [1.82, 2.24) is 14.9 Å². The molecule has 3 aromatic rings. The number of nitrogens with zero attached hydrogens (tertiary/aromatic N) is 4. The number of fused-ring (bicyclic) bond motifs is 3. The van der Waals surface area contributed by atoms with E-state index in [-0.39, 0.29) is 5.91 Å². The minimum Gasteiger partial charge on any atom is -0.352 e. The molecule has 31 heavy (non-hydrogen) atoms. The third-order valence-corrected chi connectivity index (χ3v) is 7.57. The van der Waals surface area contributed by atoms with Crippen LogP contribution in [0.4, 0.5) is 5.82 Å². The number of thiophene rings is 1. The maximum Gasteiger partial charge on any atom is 0.246 e. The summed E-state index contributed by atoms with van der Waals surface area (Å²) in [6.07, 6.45) is 8.00. The second-order valence-corrected chi connectivity index (χ2v) is 9.44. The van der Waals surface area contributed by atoms with Crippen LogP contribution in [0.2, 0.25) is 0 Å². The number of piperazine rings is 1. The highest BCUT2D eigenvalue weighted by Gasteiger charge is 2.26. The molecule has 2 aromatic heterocycles. The van der Waals surface area contributed by atoms with Crippen LogP contribution in [-0.4, -0.2) is 47.0 Å². The van der Waals surface area contributed by atoms with Gasteiger partial charge in [-0.25, -0.2) is 9.97 Å². The number of benzene rings is 1. The van der Waals surface area contributed by atoms with E-state index in [1.165, 1.54) is 40.3 Å². The Hall–Kier alpha value is -2.73. The molecule has 0 atom stereocenters. The smallest absolute Gasteiger partial charge is 0.246 e. The molecule has 0 radical (unpaired) electrons. The summed E-state index contributed by atoms with van der Waals surface area (Å²) >= 11 is 1.87. The van der Waals surface area contributed by atoms with Crippen LogP contribution >= 0.6 is 11.3 Å². The van der Waals surface area contributed by atoms with Gasteiger partial charge in [0.2, 0.25) is 5.91 Å². The Kier molecular flexibility index (Phi) is 5.72. The standard InChI is InChI=1S/C25H28N4OS/c1-2-22(30)28-14-16-29(17-15-28)24-23-19-10-6-7-11-20(19)31-25(23)27-21(26-24)13-12-18-8-4-3-5-9-18/h2-5,8-9H,1,6-7,10-17H2. The van der Waals surface area contributed by atoms with E-state index in [4.69, 9.17) is 9.97 Å². The molecule has 5 rings (SSSR count). The number of aromatic nitrogens is 2. The summed E-state index contributed by atoms with van der Waals surface area (Å²) in [5.74, 6) is 2.02. The van der Waals surface area contributed by atoms with E-state index in [2.05, 4.69) is 41.8 Å². The molecule has 0 unspecified atom stereocenters. The van der Waals surface area contributed by atoms with Gasteiger partial charge in [-0.15, -0.1) is 11.3 Å². The van der Waals surface area contributed by atoms with Gasteiger partial charge in [-0.05, 0) is 49.3 Å². The zero-order chi connectivity index (χ0) is 21.2. The topological polar surface area (TPSA) is 49.3 Å². The fraction of sp³-hybridized carbons (Fsp3) is 0.400. The molecule has 1 aliphatic heterocycles. The van der Waals surface area contributed by atoms with Gasteiger partial charge in [0, 0.05) is 37.5 Å². The first kappa shape index (κ1) is 20.2. The van der Waals surface area contributed by atoms with Crippen molar-refractivity contribution in [3.8, 4) is 0 Å². The summed E-state index contributed by atoms with van der Waals surface area (Å²) in [5, 5.41) is 1.27. The lowest BCUT2D eigenvalue weighted by molar-refractivity contribution is -0.126. The van der Waals surface area contributed by atoms with E-state index in [1.54, 1.807) is 0 Å². The normalized spacial score (nSPS) is 16.4. The van der Waals surface area contributed by atoms with Gasteiger partial charge in [-0.2, -0.15) is 0 Å². The molecule has 0 N–H and O–H groups in total. The van der Waals surface area contributed by atoms with Crippen molar-refractivity contribution in [3.05, 3.63) is 64.8 Å². The first-order valence-corrected chi connectivity index (χ1v) is 12.1. The van der Waals surface area contributed by atoms with E-state index in [0.717, 1.165) is 55.2 Å². The average Bonchev–Trinajstić information content (AvgIpc) is 3.21. The number of anilines is 1. The summed E-state index contributed by atoms with van der Waals surface area (Å²) < 4.78 is 0. The Bertz CT molecular complexity index is 1100. The lowest BCUT2D eigenvalue weighted by atomic mass is 9.96. The van der Waals surface area contributed by atoms with E-state index in [0.29, 0.717) is 13.1 Å². The molecule has 1 saturated heterocycles. The summed E-state index contributed by atoms with van der Waals surface area (Å²) in [6.45, 7) is 6.65. The number of aryl methyl sites for hydroxylation is 4. The van der Waals surface area contributed by atoms with Crippen LogP contribution in [0.25, 0.3) is 10.2 Å². The molecule has 2 aliphatic rings. The van der Waals surface area contributed by atoms with Crippen molar-refractivity contribution >= 4 is 33.3 Å². The van der Waals surface area contributed by atoms with E-state index in [1.807, 2.05) is 16.2 Å². The average molecular weight is 433 g/mol. The van der Waals surface area contributed by atoms with E-state index >= 15 is 0 Å². The van der Waals surface area contributed by atoms with Crippen LogP contribution in [-0.2, 0) is 30.5 Å². The van der Waals surface area contributed by atoms with E-state index in [9.17, 15) is 4.79 Å². The van der Waals surface area contributed by atoms with Crippen LogP contribution in [0.3, 0.4) is 0 Å². The zero-order valence-electron chi connectivity index (χ0n) is 17.8. The largest absolute Gasteiger partial charge is 0.352 e. The number of carbonyl (C=O) groups is 1. The van der Waals surface area contributed by atoms with Crippen molar-refractivity contribution in [1.29, 1.82) is 0 Å². The second kappa shape index (κ2) is 8.79. The molecule has 1 aliphatic carbocycles. The number of amides is 1. The van der Waals surface area contributed by atoms with Gasteiger partial charge < -0.3 is 9.80 Å². The number of carbonyl (C=O) groups excluding carboxylic acids is 1. The van der Waals surface area contributed by atoms with Crippen molar-refractivity contribution in [2.24, 2.45) is 0 Å². The highest BCUT2D eigenvalue weighted by atomic mass is 32.1. The highest BCUT2D eigenvalue weighted by molar-refractivity contribution is 7.19. The Balaban J connectivity index is 1.48. The SMILES string of the molecule is C=CC(=O)N1CCN(c2nc(CCc3ccccc3)nc3sc4c(c23)CCCC4)CC1. The van der Waals surface area contributed by atoms with Crippen LogP contribution in [0, 0.1) is 0 Å². The molecule has 1 amide bonds. The van der Waals surface area contributed by atoms with Gasteiger partial charge in [0.25, 0.3) is 0 Å². The molecule has 160 valence electrons. The van der Waals surface area contributed by atoms with Crippen molar-refractivity contribution < 1.29 is 4.79 Å². The molecule has 0 spiro atoms. The van der Waals surface area contributed by atoms with Gasteiger partial charge in [0.1, 0.15) is 16.5 Å². The summed E-state index contributed by atoms with van der Waals surface area (Å²) in [6, 6.07) is 10.6. The van der Waals surface area contributed by atoms with Gasteiger partial charge in [-0.1, -0.05) is 36.9 Å². The molecule has 1 fully saturated rings. The predicted molar refractivity (Wildman–Crippen MR) is 127 cm³/mol. The highest BCUT2D eigenvalue weighted by Crippen LogP contribution is 2.40. The molecule has 6 heteroatoms. The minimum absolute atomic E-state index is 0.0175. The van der Waals surface area contributed by atoms with Crippen molar-refractivity contribution in [3.63, 3.8) is 0 Å². The number of hydrogen-bond acceptors (Lipinski definition) is 5. The molecular weight excluding hydrogens is 404 g/mol. The quantitative estimate of drug-likeness (QED) is 0.567. The molecule has 3 heterocycles. The third kappa shape index (κ3) is 4.09. The summed E-state index contributed by atoms with van der Waals surface area (Å²) in [7, 11) is 0. The Labute approximate surface area is 187 Å². The first-order chi connectivity index (χ1) is 15.2. The summed E-state index contributed by atoms with van der Waals surface area (Å²) in [5.41, 5.74) is 2.79. The number of rotatable bonds is 5. The monoisotopic (exact) mass is 432 g/mol. The van der Waals surface area contributed by atoms with Crippen LogP contribution in [0.15, 0.2) is 43.0 Å². The van der Waals surface area contributed by atoms with E-state index < -0.39 is 0 Å². The molecule has 5 nitrogen and oxygen atoms in total. The Morgan fingerprint density at radius 2 is 1.81 bits per heavy atom. The predicted octanol–water partition coefficient (Wildman–Crippen LogP) is 4.19. The maximum atomic E-state index is 12.0. The van der Waals surface area contributed by atoms with Gasteiger partial charge >= 0.3 is 0 Å². The lowest BCUT2D eigenvalue weighted by Crippen LogP contribution is -2.48. The molecule has 0 saturated carbocycles. The molecular formula is C25H28N4OS. The maximum absolute atomic E-state index is 12.0. The molecule has 1 aromatic carbocycles. The summed E-state index contributed by atoms with van der Waals surface area (Å²) in [4.78, 5) is 29.0. The minimum atomic E-state index is 0.0175. The van der Waals surface area contributed by atoms with Gasteiger partial charge in [0.05, 0.1) is 5.39 Å². The van der Waals surface area contributed by atoms with Crippen LogP contribution in [0.1, 0.15) is 34.7 Å². The second-order valence-electron chi connectivity index (χ2n) is 8.36. The van der Waals surface area contributed by atoms with Gasteiger partial charge in [-0.3, -0.25) is 4.79 Å². The Morgan fingerprint density at radius 1 is 1.03 bits per heavy atom. The number of hydrogen-bond donors (Lipinski definition) is 0. The fourth-order valence-corrected chi connectivity index (χ4v) is 5.97. The third-order valence-electron chi connectivity index (χ3n) is 6.39. The van der Waals surface area contributed by atoms with Crippen molar-refractivity contribution in [2.75, 3.05) is 31.1 Å². The fourth-order valence-electron chi connectivity index (χ4n) is 4.69. The Morgan fingerprint density at radius 3 is 2.58 bits per heavy atom. The first-order valence-electron chi connectivity index (χ1n) is 11.2. The zero-order valence-corrected chi connectivity index (χ0v) is 18.7. The van der Waals surface area contributed by atoms with Crippen LogP contribution < -0.4 is 4.90 Å². The lowest BCUT2D eigenvalue weighted by Gasteiger charge is -2.35. The van der Waals surface area contributed by atoms with Crippen LogP contribution in [0.5, 0.6) is 0 Å². The molecule has 0 bridgehead atoms.